The first-order chi connectivity index (χ1) is 6.66. The Bertz CT molecular complexity index is 148. The van der Waals surface area contributed by atoms with E-state index in [1.54, 1.807) is 0 Å². The number of rotatable bonds is 8. The molecule has 4 heteroatoms. The molecule has 0 saturated carbocycles. The lowest BCUT2D eigenvalue weighted by molar-refractivity contribution is -0.145. The van der Waals surface area contributed by atoms with Crippen molar-refractivity contribution >= 4 is 5.97 Å². The lowest BCUT2D eigenvalue weighted by Gasteiger charge is -2.06. The van der Waals surface area contributed by atoms with E-state index < -0.39 is 0 Å². The predicted octanol–water partition coefficient (Wildman–Crippen LogP) is 1.08. The Hall–Kier alpha value is -0.610. The van der Waals surface area contributed by atoms with Crippen LogP contribution in [0.15, 0.2) is 0 Å². The molecule has 0 aromatic rings. The highest BCUT2D eigenvalue weighted by molar-refractivity contribution is 5.69. The third-order valence-corrected chi connectivity index (χ3v) is 1.64. The van der Waals surface area contributed by atoms with E-state index in [1.807, 2.05) is 13.8 Å². The van der Waals surface area contributed by atoms with Gasteiger partial charge in [0.25, 0.3) is 0 Å². The van der Waals surface area contributed by atoms with Gasteiger partial charge < -0.3 is 15.2 Å². The second-order valence-corrected chi connectivity index (χ2v) is 3.35. The minimum atomic E-state index is -0.192. The summed E-state index contributed by atoms with van der Waals surface area (Å²) in [5.74, 6) is -0.192. The highest BCUT2D eigenvalue weighted by Gasteiger charge is 2.03. The van der Waals surface area contributed by atoms with Crippen LogP contribution < -0.4 is 5.73 Å². The normalized spacial score (nSPS) is 12.5. The van der Waals surface area contributed by atoms with Gasteiger partial charge >= 0.3 is 5.97 Å². The maximum atomic E-state index is 11.0. The second-order valence-electron chi connectivity index (χ2n) is 3.35. The van der Waals surface area contributed by atoms with Crippen LogP contribution in [0.2, 0.25) is 0 Å². The first-order valence-electron chi connectivity index (χ1n) is 5.15. The number of ether oxygens (including phenoxy) is 2. The van der Waals surface area contributed by atoms with Crippen molar-refractivity contribution in [3.05, 3.63) is 0 Å². The van der Waals surface area contributed by atoms with E-state index in [0.29, 0.717) is 26.1 Å². The average Bonchev–Trinajstić information content (AvgIpc) is 2.14. The maximum absolute atomic E-state index is 11.0. The van der Waals surface area contributed by atoms with Crippen molar-refractivity contribution in [2.75, 3.05) is 19.8 Å². The molecule has 0 saturated heterocycles. The second kappa shape index (κ2) is 8.97. The summed E-state index contributed by atoms with van der Waals surface area (Å²) in [4.78, 5) is 11.0. The van der Waals surface area contributed by atoms with Crippen LogP contribution in [0.4, 0.5) is 0 Å². The van der Waals surface area contributed by atoms with E-state index >= 15 is 0 Å². The fourth-order valence-corrected chi connectivity index (χ4v) is 0.879. The smallest absolute Gasteiger partial charge is 0.305 e. The maximum Gasteiger partial charge on any atom is 0.305 e. The van der Waals surface area contributed by atoms with E-state index in [4.69, 9.17) is 15.2 Å². The molecule has 2 N–H and O–H groups in total. The summed E-state index contributed by atoms with van der Waals surface area (Å²) in [6.07, 6.45) is 2.05. The fraction of sp³-hybridized carbons (Fsp3) is 0.900. The van der Waals surface area contributed by atoms with Gasteiger partial charge in [-0.3, -0.25) is 4.79 Å². The van der Waals surface area contributed by atoms with Crippen molar-refractivity contribution in [2.24, 2.45) is 5.73 Å². The van der Waals surface area contributed by atoms with Crippen LogP contribution in [0.1, 0.15) is 33.1 Å². The number of hydrogen-bond donors (Lipinski definition) is 1. The summed E-state index contributed by atoms with van der Waals surface area (Å²) < 4.78 is 10.1. The quantitative estimate of drug-likeness (QED) is 0.473. The molecule has 84 valence electrons. The highest BCUT2D eigenvalue weighted by Crippen LogP contribution is 1.96. The Labute approximate surface area is 85.8 Å². The van der Waals surface area contributed by atoms with Crippen LogP contribution in [0.3, 0.4) is 0 Å². The van der Waals surface area contributed by atoms with Gasteiger partial charge in [-0.25, -0.2) is 0 Å². The lowest BCUT2D eigenvalue weighted by Crippen LogP contribution is -2.18. The predicted molar refractivity (Wildman–Crippen MR) is 55.0 cm³/mol. The summed E-state index contributed by atoms with van der Waals surface area (Å²) in [7, 11) is 0. The van der Waals surface area contributed by atoms with E-state index in [0.717, 1.165) is 13.0 Å². The molecule has 0 fully saturated rings. The number of carbonyl (C=O) groups excluding carboxylic acids is 1. The van der Waals surface area contributed by atoms with Crippen LogP contribution >= 0.6 is 0 Å². The van der Waals surface area contributed by atoms with Gasteiger partial charge in [0.05, 0.1) is 6.61 Å². The molecule has 1 unspecified atom stereocenters. The van der Waals surface area contributed by atoms with Gasteiger partial charge in [-0.1, -0.05) is 6.92 Å². The highest BCUT2D eigenvalue weighted by atomic mass is 16.6. The summed E-state index contributed by atoms with van der Waals surface area (Å²) in [6.45, 7) is 5.46. The van der Waals surface area contributed by atoms with E-state index in [2.05, 4.69) is 0 Å². The summed E-state index contributed by atoms with van der Waals surface area (Å²) in [5.41, 5.74) is 5.50. The van der Waals surface area contributed by atoms with Crippen molar-refractivity contribution in [2.45, 2.75) is 39.2 Å². The Kier molecular flexibility index (Phi) is 8.57. The molecule has 0 heterocycles. The van der Waals surface area contributed by atoms with Crippen LogP contribution in [0, 0.1) is 0 Å². The zero-order chi connectivity index (χ0) is 10.8. The van der Waals surface area contributed by atoms with Gasteiger partial charge in [0.15, 0.2) is 0 Å². The summed E-state index contributed by atoms with van der Waals surface area (Å²) >= 11 is 0. The van der Waals surface area contributed by atoms with Crippen molar-refractivity contribution in [3.63, 3.8) is 0 Å². The SMILES string of the molecule is CCCOCCOC(=O)CCC(C)N. The molecule has 0 aliphatic carbocycles. The standard InChI is InChI=1S/C10H21NO3/c1-3-6-13-7-8-14-10(12)5-4-9(2)11/h9H,3-8,11H2,1-2H3. The van der Waals surface area contributed by atoms with E-state index in [-0.39, 0.29) is 12.0 Å². The molecule has 14 heavy (non-hydrogen) atoms. The van der Waals surface area contributed by atoms with Gasteiger partial charge in [-0.2, -0.15) is 0 Å². The first-order valence-corrected chi connectivity index (χ1v) is 5.15. The number of nitrogens with two attached hydrogens (primary N) is 1. The van der Waals surface area contributed by atoms with Crippen molar-refractivity contribution < 1.29 is 14.3 Å². The molecule has 0 aromatic heterocycles. The lowest BCUT2D eigenvalue weighted by atomic mass is 10.2. The minimum absolute atomic E-state index is 0.0545. The topological polar surface area (TPSA) is 61.5 Å². The zero-order valence-corrected chi connectivity index (χ0v) is 9.12. The van der Waals surface area contributed by atoms with Crippen molar-refractivity contribution in [3.8, 4) is 0 Å². The van der Waals surface area contributed by atoms with Gasteiger partial charge in [0, 0.05) is 19.1 Å². The fourth-order valence-electron chi connectivity index (χ4n) is 0.879. The van der Waals surface area contributed by atoms with Gasteiger partial charge in [0.1, 0.15) is 6.61 Å². The van der Waals surface area contributed by atoms with Gasteiger partial charge in [-0.05, 0) is 19.8 Å². The number of hydrogen-bond acceptors (Lipinski definition) is 4. The Morgan fingerprint density at radius 3 is 2.64 bits per heavy atom. The largest absolute Gasteiger partial charge is 0.463 e. The van der Waals surface area contributed by atoms with E-state index in [1.165, 1.54) is 0 Å². The molecule has 0 aliphatic rings. The third kappa shape index (κ3) is 9.48. The molecule has 0 radical (unpaired) electrons. The third-order valence-electron chi connectivity index (χ3n) is 1.64. The molecule has 0 aliphatic heterocycles. The van der Waals surface area contributed by atoms with Crippen LogP contribution in [-0.4, -0.2) is 31.8 Å². The number of carbonyl (C=O) groups is 1. The minimum Gasteiger partial charge on any atom is -0.463 e. The average molecular weight is 203 g/mol. The van der Waals surface area contributed by atoms with Crippen molar-refractivity contribution in [1.82, 2.24) is 0 Å². The summed E-state index contributed by atoms with van der Waals surface area (Å²) in [6, 6.07) is 0.0545. The van der Waals surface area contributed by atoms with Crippen LogP contribution in [-0.2, 0) is 14.3 Å². The Morgan fingerprint density at radius 2 is 2.07 bits per heavy atom. The Morgan fingerprint density at radius 1 is 1.36 bits per heavy atom. The first kappa shape index (κ1) is 13.4. The molecule has 4 nitrogen and oxygen atoms in total. The molecular formula is C10H21NO3. The molecule has 0 spiro atoms. The van der Waals surface area contributed by atoms with Gasteiger partial charge in [-0.15, -0.1) is 0 Å². The molecule has 1 atom stereocenters. The molecule has 0 rings (SSSR count). The van der Waals surface area contributed by atoms with Crippen LogP contribution in [0.5, 0.6) is 0 Å². The van der Waals surface area contributed by atoms with E-state index in [9.17, 15) is 4.79 Å². The molecule has 0 amide bonds. The molecule has 0 bridgehead atoms. The molecule has 0 aromatic carbocycles. The van der Waals surface area contributed by atoms with Crippen molar-refractivity contribution in [1.29, 1.82) is 0 Å². The molecular weight excluding hydrogens is 182 g/mol. The summed E-state index contributed by atoms with van der Waals surface area (Å²) in [5, 5.41) is 0. The van der Waals surface area contributed by atoms with Crippen LogP contribution in [0.25, 0.3) is 0 Å². The Balaban J connectivity index is 3.18. The number of esters is 1. The zero-order valence-electron chi connectivity index (χ0n) is 9.12. The monoisotopic (exact) mass is 203 g/mol. The van der Waals surface area contributed by atoms with Gasteiger partial charge in [0.2, 0.25) is 0 Å².